The van der Waals surface area contributed by atoms with Crippen LogP contribution in [0, 0.1) is 0 Å². The normalized spacial score (nSPS) is 33.0. The molecule has 1 fully saturated rings. The Morgan fingerprint density at radius 2 is 2.36 bits per heavy atom. The first-order valence-electron chi connectivity index (χ1n) is 4.15. The van der Waals surface area contributed by atoms with Gasteiger partial charge in [0, 0.05) is 18.4 Å². The highest BCUT2D eigenvalue weighted by Crippen LogP contribution is 2.19. The fraction of sp³-hybridized carbons (Fsp3) is 1.00. The zero-order valence-corrected chi connectivity index (χ0v) is 8.60. The van der Waals surface area contributed by atoms with Gasteiger partial charge in [0.05, 0.1) is 5.60 Å². The molecule has 0 bridgehead atoms. The molecule has 0 aromatic carbocycles. The molecule has 11 heavy (non-hydrogen) atoms. The van der Waals surface area contributed by atoms with Crippen molar-refractivity contribution in [1.82, 2.24) is 4.90 Å². The monoisotopic (exact) mass is 221 g/mol. The van der Waals surface area contributed by atoms with E-state index in [0.717, 1.165) is 31.4 Å². The van der Waals surface area contributed by atoms with Gasteiger partial charge in [-0.05, 0) is 26.3 Å². The highest BCUT2D eigenvalue weighted by atomic mass is 79.9. The second kappa shape index (κ2) is 3.87. The second-order valence-corrected chi connectivity index (χ2v) is 4.36. The Bertz CT molecular complexity index is 127. The number of β-amino-alcohol motifs (C(OH)–C–C–N with tert-alkyl or cyclic N) is 1. The quantitative estimate of drug-likeness (QED) is 0.726. The Kier molecular flexibility index (Phi) is 3.34. The van der Waals surface area contributed by atoms with Gasteiger partial charge in [-0.1, -0.05) is 15.9 Å². The minimum absolute atomic E-state index is 0.424. The number of halogens is 1. The molecule has 1 N–H and O–H groups in total. The lowest BCUT2D eigenvalue weighted by molar-refractivity contribution is 0.0689. The van der Waals surface area contributed by atoms with E-state index < -0.39 is 5.60 Å². The van der Waals surface area contributed by atoms with E-state index in [-0.39, 0.29) is 0 Å². The van der Waals surface area contributed by atoms with E-state index in [0.29, 0.717) is 0 Å². The minimum atomic E-state index is -0.424. The van der Waals surface area contributed by atoms with Crippen molar-refractivity contribution in [3.63, 3.8) is 0 Å². The van der Waals surface area contributed by atoms with Gasteiger partial charge in [-0.15, -0.1) is 0 Å². The van der Waals surface area contributed by atoms with Crippen LogP contribution in [-0.2, 0) is 0 Å². The zero-order valence-electron chi connectivity index (χ0n) is 7.02. The topological polar surface area (TPSA) is 23.5 Å². The molecule has 1 aliphatic rings. The van der Waals surface area contributed by atoms with Crippen molar-refractivity contribution >= 4 is 15.9 Å². The second-order valence-electron chi connectivity index (χ2n) is 3.57. The summed E-state index contributed by atoms with van der Waals surface area (Å²) in [5.41, 5.74) is -0.424. The largest absolute Gasteiger partial charge is 0.389 e. The average Bonchev–Trinajstić information content (AvgIpc) is 2.26. The van der Waals surface area contributed by atoms with Crippen LogP contribution in [0.5, 0.6) is 0 Å². The predicted molar refractivity (Wildman–Crippen MR) is 50.1 cm³/mol. The first kappa shape index (κ1) is 9.49. The van der Waals surface area contributed by atoms with Gasteiger partial charge in [-0.2, -0.15) is 0 Å². The molecule has 3 heteroatoms. The number of rotatable bonds is 3. The van der Waals surface area contributed by atoms with Crippen LogP contribution in [-0.4, -0.2) is 40.6 Å². The highest BCUT2D eigenvalue weighted by Gasteiger charge is 2.30. The molecule has 0 amide bonds. The lowest BCUT2D eigenvalue weighted by Crippen LogP contribution is -2.30. The standard InChI is InChI=1S/C8H16BrNO/c1-8(11)3-6-10(7-8)5-2-4-9/h11H,2-7H2,1H3. The number of hydrogen-bond acceptors (Lipinski definition) is 2. The number of likely N-dealkylation sites (tertiary alicyclic amines) is 1. The fourth-order valence-electron chi connectivity index (χ4n) is 1.51. The summed E-state index contributed by atoms with van der Waals surface area (Å²) < 4.78 is 0. The number of nitrogens with zero attached hydrogens (tertiary/aromatic N) is 1. The molecule has 0 saturated carbocycles. The van der Waals surface area contributed by atoms with Crippen molar-refractivity contribution in [2.24, 2.45) is 0 Å². The Morgan fingerprint density at radius 3 is 2.82 bits per heavy atom. The first-order chi connectivity index (χ1) is 5.14. The van der Waals surface area contributed by atoms with Crippen LogP contribution in [0.15, 0.2) is 0 Å². The molecule has 0 aliphatic carbocycles. The molecule has 0 aromatic heterocycles. The lowest BCUT2D eigenvalue weighted by Gasteiger charge is -2.17. The summed E-state index contributed by atoms with van der Waals surface area (Å²) in [6.45, 7) is 4.93. The van der Waals surface area contributed by atoms with E-state index in [1.807, 2.05) is 6.92 Å². The maximum atomic E-state index is 9.61. The van der Waals surface area contributed by atoms with E-state index in [4.69, 9.17) is 0 Å². The Hall–Kier alpha value is 0.400. The van der Waals surface area contributed by atoms with Gasteiger partial charge < -0.3 is 10.0 Å². The third kappa shape index (κ3) is 3.09. The van der Waals surface area contributed by atoms with Crippen LogP contribution in [0.1, 0.15) is 19.8 Å². The smallest absolute Gasteiger partial charge is 0.0758 e. The lowest BCUT2D eigenvalue weighted by atomic mass is 10.1. The molecule has 2 nitrogen and oxygen atoms in total. The Labute approximate surface area is 76.7 Å². The maximum Gasteiger partial charge on any atom is 0.0758 e. The van der Waals surface area contributed by atoms with Gasteiger partial charge in [0.15, 0.2) is 0 Å². The van der Waals surface area contributed by atoms with Gasteiger partial charge in [0.25, 0.3) is 0 Å². The van der Waals surface area contributed by atoms with Crippen LogP contribution >= 0.6 is 15.9 Å². The summed E-state index contributed by atoms with van der Waals surface area (Å²) in [6.07, 6.45) is 2.10. The molecule has 66 valence electrons. The summed E-state index contributed by atoms with van der Waals surface area (Å²) in [5, 5.41) is 10.7. The third-order valence-electron chi connectivity index (χ3n) is 2.14. The maximum absolute atomic E-state index is 9.61. The number of hydrogen-bond donors (Lipinski definition) is 1. The average molecular weight is 222 g/mol. The SMILES string of the molecule is CC1(O)CCN(CCCBr)C1. The van der Waals surface area contributed by atoms with Crippen LogP contribution in [0.2, 0.25) is 0 Å². The van der Waals surface area contributed by atoms with Gasteiger partial charge in [0.1, 0.15) is 0 Å². The highest BCUT2D eigenvalue weighted by molar-refractivity contribution is 9.09. The molecule has 1 rings (SSSR count). The molecule has 1 saturated heterocycles. The van der Waals surface area contributed by atoms with E-state index >= 15 is 0 Å². The summed E-state index contributed by atoms with van der Waals surface area (Å²) in [4.78, 5) is 2.32. The fourth-order valence-corrected chi connectivity index (χ4v) is 1.76. The van der Waals surface area contributed by atoms with E-state index in [1.165, 1.54) is 6.42 Å². The molecular formula is C8H16BrNO. The molecule has 1 atom stereocenters. The van der Waals surface area contributed by atoms with Gasteiger partial charge >= 0.3 is 0 Å². The zero-order chi connectivity index (χ0) is 8.32. The minimum Gasteiger partial charge on any atom is -0.389 e. The Balaban J connectivity index is 2.20. The molecule has 0 spiro atoms. The molecule has 1 aliphatic heterocycles. The summed E-state index contributed by atoms with van der Waals surface area (Å²) in [6, 6.07) is 0. The molecule has 1 heterocycles. The van der Waals surface area contributed by atoms with Crippen LogP contribution in [0.25, 0.3) is 0 Å². The molecule has 0 aromatic rings. The van der Waals surface area contributed by atoms with Crippen LogP contribution in [0.3, 0.4) is 0 Å². The van der Waals surface area contributed by atoms with Crippen LogP contribution in [0.4, 0.5) is 0 Å². The van der Waals surface area contributed by atoms with Gasteiger partial charge in [-0.3, -0.25) is 0 Å². The Morgan fingerprint density at radius 1 is 1.64 bits per heavy atom. The first-order valence-corrected chi connectivity index (χ1v) is 5.27. The van der Waals surface area contributed by atoms with E-state index in [2.05, 4.69) is 20.8 Å². The molecular weight excluding hydrogens is 206 g/mol. The predicted octanol–water partition coefficient (Wildman–Crippen LogP) is 1.23. The summed E-state index contributed by atoms with van der Waals surface area (Å²) in [5.74, 6) is 0. The van der Waals surface area contributed by atoms with E-state index in [1.54, 1.807) is 0 Å². The number of aliphatic hydroxyl groups is 1. The van der Waals surface area contributed by atoms with Crippen molar-refractivity contribution in [3.05, 3.63) is 0 Å². The van der Waals surface area contributed by atoms with Gasteiger partial charge in [-0.25, -0.2) is 0 Å². The van der Waals surface area contributed by atoms with Crippen molar-refractivity contribution in [2.45, 2.75) is 25.4 Å². The molecule has 0 radical (unpaired) electrons. The van der Waals surface area contributed by atoms with Gasteiger partial charge in [0.2, 0.25) is 0 Å². The number of alkyl halides is 1. The van der Waals surface area contributed by atoms with Crippen molar-refractivity contribution in [2.75, 3.05) is 25.0 Å². The van der Waals surface area contributed by atoms with Crippen molar-refractivity contribution < 1.29 is 5.11 Å². The van der Waals surface area contributed by atoms with Crippen molar-refractivity contribution in [3.8, 4) is 0 Å². The van der Waals surface area contributed by atoms with Crippen molar-refractivity contribution in [1.29, 1.82) is 0 Å². The van der Waals surface area contributed by atoms with Crippen LogP contribution < -0.4 is 0 Å². The third-order valence-corrected chi connectivity index (χ3v) is 2.70. The molecule has 1 unspecified atom stereocenters. The summed E-state index contributed by atoms with van der Waals surface area (Å²) >= 11 is 3.40. The van der Waals surface area contributed by atoms with E-state index in [9.17, 15) is 5.11 Å². The summed E-state index contributed by atoms with van der Waals surface area (Å²) in [7, 11) is 0.